The molecule has 0 saturated carbocycles. The van der Waals surface area contributed by atoms with Gasteiger partial charge in [0.15, 0.2) is 0 Å². The van der Waals surface area contributed by atoms with Crippen LogP contribution in [0, 0.1) is 0 Å². The monoisotopic (exact) mass is 325 g/mol. The van der Waals surface area contributed by atoms with Gasteiger partial charge in [0.1, 0.15) is 0 Å². The number of hydrogen-bond acceptors (Lipinski definition) is 3. The van der Waals surface area contributed by atoms with Crippen molar-refractivity contribution in [3.63, 3.8) is 0 Å². The first-order valence-electron chi connectivity index (χ1n) is 7.50. The fourth-order valence-electron chi connectivity index (χ4n) is 2.49. The summed E-state index contributed by atoms with van der Waals surface area (Å²) in [6.45, 7) is 5.29. The number of carbonyl (C=O) groups excluding carboxylic acids is 2. The van der Waals surface area contributed by atoms with Crippen LogP contribution < -0.4 is 16.0 Å². The summed E-state index contributed by atoms with van der Waals surface area (Å²) in [4.78, 5) is 24.0. The normalized spacial score (nSPS) is 20.6. The van der Waals surface area contributed by atoms with Crippen molar-refractivity contribution in [3.8, 4) is 0 Å². The third-order valence-corrected chi connectivity index (χ3v) is 3.86. The summed E-state index contributed by atoms with van der Waals surface area (Å²) in [7, 11) is 0. The third kappa shape index (κ3) is 4.45. The first-order chi connectivity index (χ1) is 10.0. The van der Waals surface area contributed by atoms with Crippen molar-refractivity contribution >= 4 is 29.9 Å². The minimum atomic E-state index is -0.503. The van der Waals surface area contributed by atoms with Crippen molar-refractivity contribution in [2.75, 3.05) is 18.4 Å². The highest BCUT2D eigenvalue weighted by molar-refractivity contribution is 5.99. The molecule has 1 fully saturated rings. The minimum Gasteiger partial charge on any atom is -0.352 e. The van der Waals surface area contributed by atoms with Gasteiger partial charge in [0.25, 0.3) is 5.91 Å². The smallest absolute Gasteiger partial charge is 0.251 e. The van der Waals surface area contributed by atoms with Crippen LogP contribution in [0.15, 0.2) is 24.3 Å². The van der Waals surface area contributed by atoms with Crippen LogP contribution in [0.2, 0.25) is 0 Å². The van der Waals surface area contributed by atoms with E-state index in [0.29, 0.717) is 17.8 Å². The number of rotatable bonds is 4. The fraction of sp³-hybridized carbons (Fsp3) is 0.500. The molecule has 0 radical (unpaired) electrons. The molecule has 1 saturated heterocycles. The van der Waals surface area contributed by atoms with E-state index in [4.69, 9.17) is 0 Å². The van der Waals surface area contributed by atoms with Gasteiger partial charge in [-0.15, -0.1) is 12.4 Å². The van der Waals surface area contributed by atoms with Crippen molar-refractivity contribution in [1.82, 2.24) is 10.6 Å². The topological polar surface area (TPSA) is 70.2 Å². The Balaban J connectivity index is 0.00000242. The van der Waals surface area contributed by atoms with Crippen LogP contribution in [0.5, 0.6) is 0 Å². The Hall–Kier alpha value is -1.59. The fourth-order valence-corrected chi connectivity index (χ4v) is 2.49. The first kappa shape index (κ1) is 18.5. The average Bonchev–Trinajstić information content (AvgIpc) is 2.49. The largest absolute Gasteiger partial charge is 0.352 e. The van der Waals surface area contributed by atoms with Gasteiger partial charge in [-0.2, -0.15) is 0 Å². The second-order valence-corrected chi connectivity index (χ2v) is 5.61. The number of carbonyl (C=O) groups is 2. The molecule has 3 N–H and O–H groups in total. The summed E-state index contributed by atoms with van der Waals surface area (Å²) >= 11 is 0. The van der Waals surface area contributed by atoms with E-state index in [-0.39, 0.29) is 24.2 Å². The number of amides is 2. The molecule has 1 atom stereocenters. The predicted octanol–water partition coefficient (Wildman–Crippen LogP) is 2.33. The Kier molecular flexibility index (Phi) is 6.84. The third-order valence-electron chi connectivity index (χ3n) is 3.86. The van der Waals surface area contributed by atoms with Gasteiger partial charge in [-0.1, -0.05) is 0 Å². The van der Waals surface area contributed by atoms with Crippen LogP contribution in [-0.2, 0) is 4.79 Å². The molecule has 0 bridgehead atoms. The van der Waals surface area contributed by atoms with Crippen LogP contribution in [0.25, 0.3) is 0 Å². The van der Waals surface area contributed by atoms with E-state index in [1.807, 2.05) is 13.8 Å². The van der Waals surface area contributed by atoms with Gasteiger partial charge in [0.2, 0.25) is 5.91 Å². The molecule has 6 heteroatoms. The van der Waals surface area contributed by atoms with E-state index in [1.54, 1.807) is 24.3 Å². The SMILES string of the molecule is CCNC(=O)c1ccc(NC(=O)C2(C)CCCCN2)cc1.Cl. The molecule has 1 heterocycles. The zero-order valence-corrected chi connectivity index (χ0v) is 13.9. The van der Waals surface area contributed by atoms with E-state index >= 15 is 0 Å². The molecule has 5 nitrogen and oxygen atoms in total. The Morgan fingerprint density at radius 1 is 1.23 bits per heavy atom. The highest BCUT2D eigenvalue weighted by Gasteiger charge is 2.34. The summed E-state index contributed by atoms with van der Waals surface area (Å²) in [5, 5.41) is 8.95. The van der Waals surface area contributed by atoms with Crippen molar-refractivity contribution in [2.45, 2.75) is 38.6 Å². The molecule has 2 amide bonds. The molecule has 122 valence electrons. The van der Waals surface area contributed by atoms with Gasteiger partial charge in [0, 0.05) is 17.8 Å². The van der Waals surface area contributed by atoms with Crippen molar-refractivity contribution < 1.29 is 9.59 Å². The zero-order chi connectivity index (χ0) is 15.3. The molecular weight excluding hydrogens is 302 g/mol. The number of piperidine rings is 1. The van der Waals surface area contributed by atoms with Crippen LogP contribution in [0.4, 0.5) is 5.69 Å². The van der Waals surface area contributed by atoms with Crippen LogP contribution in [-0.4, -0.2) is 30.4 Å². The quantitative estimate of drug-likeness (QED) is 0.795. The Labute approximate surface area is 137 Å². The maximum absolute atomic E-state index is 12.4. The lowest BCUT2D eigenvalue weighted by Crippen LogP contribution is -2.54. The molecule has 0 spiro atoms. The van der Waals surface area contributed by atoms with Crippen LogP contribution in [0.1, 0.15) is 43.5 Å². The maximum Gasteiger partial charge on any atom is 0.251 e. The van der Waals surface area contributed by atoms with Gasteiger partial charge in [0.05, 0.1) is 5.54 Å². The van der Waals surface area contributed by atoms with Gasteiger partial charge in [-0.25, -0.2) is 0 Å². The van der Waals surface area contributed by atoms with E-state index < -0.39 is 5.54 Å². The van der Waals surface area contributed by atoms with Gasteiger partial charge in [-0.3, -0.25) is 9.59 Å². The second kappa shape index (κ2) is 8.15. The molecule has 0 aliphatic carbocycles. The molecule has 2 rings (SSSR count). The number of hydrogen-bond donors (Lipinski definition) is 3. The molecular formula is C16H24ClN3O2. The molecule has 0 aromatic heterocycles. The number of anilines is 1. The first-order valence-corrected chi connectivity index (χ1v) is 7.50. The summed E-state index contributed by atoms with van der Waals surface area (Å²) in [6.07, 6.45) is 3.02. The van der Waals surface area contributed by atoms with Gasteiger partial charge in [-0.05, 0) is 63.9 Å². The van der Waals surface area contributed by atoms with Crippen LogP contribution >= 0.6 is 12.4 Å². The molecule has 1 aromatic carbocycles. The maximum atomic E-state index is 12.4. The van der Waals surface area contributed by atoms with Gasteiger partial charge < -0.3 is 16.0 Å². The van der Waals surface area contributed by atoms with E-state index in [0.717, 1.165) is 25.8 Å². The second-order valence-electron chi connectivity index (χ2n) is 5.61. The lowest BCUT2D eigenvalue weighted by molar-refractivity contribution is -0.122. The summed E-state index contributed by atoms with van der Waals surface area (Å²) in [5.41, 5.74) is 0.801. The van der Waals surface area contributed by atoms with E-state index in [9.17, 15) is 9.59 Å². The molecule has 22 heavy (non-hydrogen) atoms. The van der Waals surface area contributed by atoms with Crippen molar-refractivity contribution in [1.29, 1.82) is 0 Å². The number of nitrogens with one attached hydrogen (secondary N) is 3. The Morgan fingerprint density at radius 2 is 1.91 bits per heavy atom. The highest BCUT2D eigenvalue weighted by Crippen LogP contribution is 2.21. The Morgan fingerprint density at radius 3 is 2.45 bits per heavy atom. The lowest BCUT2D eigenvalue weighted by atomic mass is 9.90. The van der Waals surface area contributed by atoms with Crippen molar-refractivity contribution in [2.24, 2.45) is 0 Å². The lowest BCUT2D eigenvalue weighted by Gasteiger charge is -2.33. The van der Waals surface area contributed by atoms with Gasteiger partial charge >= 0.3 is 0 Å². The van der Waals surface area contributed by atoms with Crippen molar-refractivity contribution in [3.05, 3.63) is 29.8 Å². The zero-order valence-electron chi connectivity index (χ0n) is 13.1. The average molecular weight is 326 g/mol. The summed E-state index contributed by atoms with van der Waals surface area (Å²) in [5.74, 6) is -0.121. The minimum absolute atomic E-state index is 0. The highest BCUT2D eigenvalue weighted by atomic mass is 35.5. The predicted molar refractivity (Wildman–Crippen MR) is 90.6 cm³/mol. The molecule has 1 unspecified atom stereocenters. The summed E-state index contributed by atoms with van der Waals surface area (Å²) < 4.78 is 0. The number of halogens is 1. The standard InChI is InChI=1S/C16H23N3O2.ClH/c1-3-17-14(20)12-6-8-13(9-7-12)19-15(21)16(2)10-4-5-11-18-16;/h6-9,18H,3-5,10-11H2,1-2H3,(H,17,20)(H,19,21);1H. The van der Waals surface area contributed by atoms with Crippen LogP contribution in [0.3, 0.4) is 0 Å². The molecule has 1 aliphatic rings. The van der Waals surface area contributed by atoms with E-state index in [2.05, 4.69) is 16.0 Å². The van der Waals surface area contributed by atoms with E-state index in [1.165, 1.54) is 0 Å². The Bertz CT molecular complexity index is 511. The summed E-state index contributed by atoms with van der Waals surface area (Å²) in [6, 6.07) is 6.96. The number of benzene rings is 1. The molecule has 1 aromatic rings. The molecule has 1 aliphatic heterocycles.